The first-order valence-corrected chi connectivity index (χ1v) is 8.60. The summed E-state index contributed by atoms with van der Waals surface area (Å²) in [5.41, 5.74) is 6.61. The van der Waals surface area contributed by atoms with Crippen molar-refractivity contribution in [2.24, 2.45) is 0 Å². The fourth-order valence-electron chi connectivity index (χ4n) is 2.07. The Balaban J connectivity index is 1.92. The molecule has 20 heavy (non-hydrogen) atoms. The number of nitrogen functional groups attached to an aromatic ring is 1. The highest BCUT2D eigenvalue weighted by Gasteiger charge is 2.28. The molecule has 0 atom stereocenters. The standard InChI is InChI=1S/C13H20N2O4S/c1-2-6-20(17,18)7-5-19-13(16)12-8-10(14)9-15(12)11-3-4-11/h8-9,11H,2-7,14H2,1H3. The Morgan fingerprint density at radius 2 is 2.15 bits per heavy atom. The highest BCUT2D eigenvalue weighted by molar-refractivity contribution is 7.91. The van der Waals surface area contributed by atoms with Gasteiger partial charge in [-0.2, -0.15) is 0 Å². The number of rotatable bonds is 7. The molecule has 2 rings (SSSR count). The van der Waals surface area contributed by atoms with Crippen LogP contribution in [0.1, 0.15) is 42.7 Å². The van der Waals surface area contributed by atoms with Gasteiger partial charge in [0.2, 0.25) is 0 Å². The van der Waals surface area contributed by atoms with Crippen molar-refractivity contribution >= 4 is 21.5 Å². The number of nitrogens with two attached hydrogens (primary N) is 1. The van der Waals surface area contributed by atoms with Gasteiger partial charge in [-0.1, -0.05) is 6.92 Å². The molecule has 1 fully saturated rings. The lowest BCUT2D eigenvalue weighted by Crippen LogP contribution is -2.19. The molecule has 0 aliphatic heterocycles. The molecule has 0 aromatic carbocycles. The number of hydrogen-bond donors (Lipinski definition) is 1. The predicted molar refractivity (Wildman–Crippen MR) is 76.3 cm³/mol. The zero-order valence-corrected chi connectivity index (χ0v) is 12.4. The molecule has 0 amide bonds. The van der Waals surface area contributed by atoms with Crippen LogP contribution in [0.4, 0.5) is 5.69 Å². The normalized spacial score (nSPS) is 15.2. The molecule has 6 nitrogen and oxygen atoms in total. The van der Waals surface area contributed by atoms with E-state index in [1.165, 1.54) is 0 Å². The number of anilines is 1. The third-order valence-electron chi connectivity index (χ3n) is 3.16. The molecule has 1 saturated carbocycles. The van der Waals surface area contributed by atoms with Crippen LogP contribution in [0.3, 0.4) is 0 Å². The van der Waals surface area contributed by atoms with E-state index >= 15 is 0 Å². The summed E-state index contributed by atoms with van der Waals surface area (Å²) in [5.74, 6) is -0.525. The molecular weight excluding hydrogens is 280 g/mol. The summed E-state index contributed by atoms with van der Waals surface area (Å²) in [6, 6.07) is 1.89. The molecule has 0 saturated heterocycles. The van der Waals surface area contributed by atoms with Gasteiger partial charge in [0.1, 0.15) is 12.3 Å². The largest absolute Gasteiger partial charge is 0.460 e. The van der Waals surface area contributed by atoms with Crippen LogP contribution in [0.5, 0.6) is 0 Å². The zero-order chi connectivity index (χ0) is 14.8. The van der Waals surface area contributed by atoms with Gasteiger partial charge in [-0.3, -0.25) is 0 Å². The Bertz CT molecular complexity index is 588. The second kappa shape index (κ2) is 5.87. The summed E-state index contributed by atoms with van der Waals surface area (Å²) in [6.45, 7) is 1.69. The fourth-order valence-corrected chi connectivity index (χ4v) is 3.23. The van der Waals surface area contributed by atoms with Crippen molar-refractivity contribution in [2.75, 3.05) is 23.8 Å². The minimum Gasteiger partial charge on any atom is -0.460 e. The molecule has 1 heterocycles. The van der Waals surface area contributed by atoms with Gasteiger partial charge in [-0.15, -0.1) is 0 Å². The van der Waals surface area contributed by atoms with Crippen LogP contribution < -0.4 is 5.73 Å². The molecule has 0 bridgehead atoms. The Morgan fingerprint density at radius 1 is 1.45 bits per heavy atom. The van der Waals surface area contributed by atoms with E-state index in [0.29, 0.717) is 23.8 Å². The van der Waals surface area contributed by atoms with E-state index in [9.17, 15) is 13.2 Å². The SMILES string of the molecule is CCCS(=O)(=O)CCOC(=O)c1cc(N)cn1C1CC1. The van der Waals surface area contributed by atoms with Crippen molar-refractivity contribution in [3.63, 3.8) is 0 Å². The van der Waals surface area contributed by atoms with Gasteiger partial charge in [0.05, 0.1) is 17.2 Å². The van der Waals surface area contributed by atoms with E-state index < -0.39 is 15.8 Å². The topological polar surface area (TPSA) is 91.4 Å². The average molecular weight is 300 g/mol. The Morgan fingerprint density at radius 3 is 2.75 bits per heavy atom. The van der Waals surface area contributed by atoms with Crippen LogP contribution in [0.15, 0.2) is 12.3 Å². The number of carbonyl (C=O) groups is 1. The molecular formula is C13H20N2O4S. The molecule has 112 valence electrons. The maximum Gasteiger partial charge on any atom is 0.355 e. The molecule has 0 unspecified atom stereocenters. The second-order valence-corrected chi connectivity index (χ2v) is 7.39. The molecule has 1 aromatic heterocycles. The van der Waals surface area contributed by atoms with Gasteiger partial charge < -0.3 is 15.0 Å². The summed E-state index contributed by atoms with van der Waals surface area (Å²) < 4.78 is 29.9. The van der Waals surface area contributed by atoms with Crippen molar-refractivity contribution in [2.45, 2.75) is 32.2 Å². The molecule has 7 heteroatoms. The van der Waals surface area contributed by atoms with E-state index in [1.807, 2.05) is 4.57 Å². The first-order valence-electron chi connectivity index (χ1n) is 6.78. The summed E-state index contributed by atoms with van der Waals surface area (Å²) in [4.78, 5) is 12.0. The van der Waals surface area contributed by atoms with Gasteiger partial charge in [0.15, 0.2) is 9.84 Å². The van der Waals surface area contributed by atoms with Gasteiger partial charge >= 0.3 is 5.97 Å². The molecule has 1 aliphatic carbocycles. The van der Waals surface area contributed by atoms with Gasteiger partial charge in [0, 0.05) is 12.2 Å². The summed E-state index contributed by atoms with van der Waals surface area (Å²) in [5, 5.41) is 0. The van der Waals surface area contributed by atoms with Crippen LogP contribution in [-0.2, 0) is 14.6 Å². The summed E-state index contributed by atoms with van der Waals surface area (Å²) in [7, 11) is -3.13. The lowest BCUT2D eigenvalue weighted by atomic mass is 10.4. The Hall–Kier alpha value is -1.50. The summed E-state index contributed by atoms with van der Waals surface area (Å²) in [6.07, 6.45) is 4.35. The highest BCUT2D eigenvalue weighted by Crippen LogP contribution is 2.37. The molecule has 0 spiro atoms. The number of aromatic nitrogens is 1. The van der Waals surface area contributed by atoms with Gasteiger partial charge in [-0.25, -0.2) is 13.2 Å². The van der Waals surface area contributed by atoms with Crippen LogP contribution in [0.25, 0.3) is 0 Å². The number of nitrogens with zero attached hydrogens (tertiary/aromatic N) is 1. The number of carbonyl (C=O) groups excluding carboxylic acids is 1. The third-order valence-corrected chi connectivity index (χ3v) is 4.98. The number of hydrogen-bond acceptors (Lipinski definition) is 5. The van der Waals surface area contributed by atoms with Gasteiger partial charge in [-0.05, 0) is 25.3 Å². The lowest BCUT2D eigenvalue weighted by Gasteiger charge is -2.08. The smallest absolute Gasteiger partial charge is 0.355 e. The molecule has 1 aliphatic rings. The van der Waals surface area contributed by atoms with Crippen molar-refractivity contribution in [1.29, 1.82) is 0 Å². The van der Waals surface area contributed by atoms with Crippen molar-refractivity contribution < 1.29 is 17.9 Å². The minimum atomic E-state index is -3.13. The van der Waals surface area contributed by atoms with Crippen LogP contribution in [-0.4, -0.2) is 37.1 Å². The van der Waals surface area contributed by atoms with E-state index in [0.717, 1.165) is 12.8 Å². The lowest BCUT2D eigenvalue weighted by molar-refractivity contribution is 0.0516. The van der Waals surface area contributed by atoms with E-state index in [-0.39, 0.29) is 18.1 Å². The molecule has 2 N–H and O–H groups in total. The molecule has 0 radical (unpaired) electrons. The Kier molecular flexibility index (Phi) is 4.37. The van der Waals surface area contributed by atoms with Crippen molar-refractivity contribution in [3.8, 4) is 0 Å². The van der Waals surface area contributed by atoms with Crippen molar-refractivity contribution in [1.82, 2.24) is 4.57 Å². The molecule has 1 aromatic rings. The first-order chi connectivity index (χ1) is 9.43. The number of ether oxygens (including phenoxy) is 1. The van der Waals surface area contributed by atoms with E-state index in [2.05, 4.69) is 0 Å². The Labute approximate surface area is 118 Å². The van der Waals surface area contributed by atoms with E-state index in [1.54, 1.807) is 19.2 Å². The van der Waals surface area contributed by atoms with Crippen LogP contribution in [0, 0.1) is 0 Å². The maximum absolute atomic E-state index is 12.0. The number of esters is 1. The fraction of sp³-hybridized carbons (Fsp3) is 0.615. The van der Waals surface area contributed by atoms with Gasteiger partial charge in [0.25, 0.3) is 0 Å². The predicted octanol–water partition coefficient (Wildman–Crippen LogP) is 1.39. The maximum atomic E-state index is 12.0. The zero-order valence-electron chi connectivity index (χ0n) is 11.5. The van der Waals surface area contributed by atoms with Crippen molar-refractivity contribution in [3.05, 3.63) is 18.0 Å². The minimum absolute atomic E-state index is 0.114. The van der Waals surface area contributed by atoms with Crippen LogP contribution >= 0.6 is 0 Å². The second-order valence-electron chi connectivity index (χ2n) is 5.08. The van der Waals surface area contributed by atoms with Crippen LogP contribution in [0.2, 0.25) is 0 Å². The quantitative estimate of drug-likeness (QED) is 0.768. The highest BCUT2D eigenvalue weighted by atomic mass is 32.2. The summed E-state index contributed by atoms with van der Waals surface area (Å²) >= 11 is 0. The third kappa shape index (κ3) is 3.75. The monoisotopic (exact) mass is 300 g/mol. The first kappa shape index (κ1) is 14.9. The average Bonchev–Trinajstić information content (AvgIpc) is 3.12. The van der Waals surface area contributed by atoms with E-state index in [4.69, 9.17) is 10.5 Å². The number of sulfone groups is 1.